The van der Waals surface area contributed by atoms with Gasteiger partial charge in [-0.3, -0.25) is 9.59 Å². The van der Waals surface area contributed by atoms with Crippen molar-refractivity contribution in [3.8, 4) is 17.2 Å². The van der Waals surface area contributed by atoms with E-state index in [1.807, 2.05) is 24.3 Å². The van der Waals surface area contributed by atoms with Crippen molar-refractivity contribution in [2.45, 2.75) is 19.9 Å². The first kappa shape index (κ1) is 21.1. The van der Waals surface area contributed by atoms with Crippen molar-refractivity contribution >= 4 is 17.5 Å². The lowest BCUT2D eigenvalue weighted by atomic mass is 10.1. The first-order valence-electron chi connectivity index (χ1n) is 8.77. The number of amides is 2. The maximum atomic E-state index is 12.5. The summed E-state index contributed by atoms with van der Waals surface area (Å²) in [5, 5.41) is 2.88. The Hall–Kier alpha value is -3.22. The molecule has 0 fully saturated rings. The summed E-state index contributed by atoms with van der Waals surface area (Å²) in [6.07, 6.45) is 0.147. The van der Waals surface area contributed by atoms with Crippen LogP contribution in [0.2, 0.25) is 0 Å². The molecular weight excluding hydrogens is 360 g/mol. The Kier molecular flexibility index (Phi) is 7.26. The number of carbonyl (C=O) groups excluding carboxylic acids is 2. The van der Waals surface area contributed by atoms with Crippen LogP contribution in [-0.2, 0) is 22.6 Å². The fourth-order valence-corrected chi connectivity index (χ4v) is 2.76. The van der Waals surface area contributed by atoms with E-state index in [0.717, 1.165) is 11.1 Å². The Morgan fingerprint density at radius 3 is 2.14 bits per heavy atom. The van der Waals surface area contributed by atoms with Crippen molar-refractivity contribution in [3.63, 3.8) is 0 Å². The molecule has 0 aliphatic heterocycles. The van der Waals surface area contributed by atoms with E-state index in [9.17, 15) is 9.59 Å². The number of nitrogens with zero attached hydrogens (tertiary/aromatic N) is 1. The fourth-order valence-electron chi connectivity index (χ4n) is 2.76. The van der Waals surface area contributed by atoms with E-state index in [2.05, 4.69) is 5.32 Å². The molecule has 0 bridgehead atoms. The summed E-state index contributed by atoms with van der Waals surface area (Å²) in [7, 11) is 6.33. The summed E-state index contributed by atoms with van der Waals surface area (Å²) >= 11 is 0. The van der Waals surface area contributed by atoms with Crippen LogP contribution in [0, 0.1) is 0 Å². The summed E-state index contributed by atoms with van der Waals surface area (Å²) in [6, 6.07) is 10.9. The lowest BCUT2D eigenvalue weighted by Crippen LogP contribution is -2.23. The predicted octanol–water partition coefficient (Wildman–Crippen LogP) is 2.87. The monoisotopic (exact) mass is 386 g/mol. The number of hydrogen-bond donors (Lipinski definition) is 1. The molecule has 7 nitrogen and oxygen atoms in total. The molecule has 0 spiro atoms. The highest BCUT2D eigenvalue weighted by atomic mass is 16.5. The maximum Gasteiger partial charge on any atom is 0.228 e. The van der Waals surface area contributed by atoms with Crippen LogP contribution >= 0.6 is 0 Å². The predicted molar refractivity (Wildman–Crippen MR) is 107 cm³/mol. The van der Waals surface area contributed by atoms with Crippen LogP contribution in [0.1, 0.15) is 18.1 Å². The molecule has 0 unspecified atom stereocenters. The molecule has 2 rings (SSSR count). The van der Waals surface area contributed by atoms with E-state index in [-0.39, 0.29) is 18.2 Å². The van der Waals surface area contributed by atoms with Gasteiger partial charge in [-0.25, -0.2) is 0 Å². The lowest BCUT2D eigenvalue weighted by molar-refractivity contribution is -0.128. The summed E-state index contributed by atoms with van der Waals surface area (Å²) in [5.74, 6) is 1.29. The summed E-state index contributed by atoms with van der Waals surface area (Å²) < 4.78 is 15.9. The smallest absolute Gasteiger partial charge is 0.228 e. The van der Waals surface area contributed by atoms with Crippen LogP contribution in [0.3, 0.4) is 0 Å². The number of ether oxygens (including phenoxy) is 3. The first-order chi connectivity index (χ1) is 13.4. The van der Waals surface area contributed by atoms with E-state index in [1.54, 1.807) is 24.1 Å². The topological polar surface area (TPSA) is 77.1 Å². The van der Waals surface area contributed by atoms with Crippen molar-refractivity contribution in [3.05, 3.63) is 47.5 Å². The molecular formula is C21H26N2O5. The largest absolute Gasteiger partial charge is 0.493 e. The third-order valence-corrected chi connectivity index (χ3v) is 4.26. The van der Waals surface area contributed by atoms with E-state index in [1.165, 1.54) is 28.3 Å². The standard InChI is InChI=1S/C21H26N2O5/c1-14(24)23(2)13-15-7-6-8-17(9-15)22-20(25)12-16-10-18(26-3)21(28-5)19(11-16)27-4/h6-11H,12-13H2,1-5H3,(H,22,25). The van der Waals surface area contributed by atoms with Gasteiger partial charge in [-0.2, -0.15) is 0 Å². The van der Waals surface area contributed by atoms with Gasteiger partial charge in [-0.05, 0) is 35.4 Å². The molecule has 0 aromatic heterocycles. The van der Waals surface area contributed by atoms with Gasteiger partial charge in [-0.15, -0.1) is 0 Å². The summed E-state index contributed by atoms with van der Waals surface area (Å²) in [5.41, 5.74) is 2.34. The van der Waals surface area contributed by atoms with Gasteiger partial charge in [0.05, 0.1) is 27.8 Å². The minimum Gasteiger partial charge on any atom is -0.493 e. The van der Waals surface area contributed by atoms with Crippen LogP contribution in [-0.4, -0.2) is 45.1 Å². The second-order valence-electron chi connectivity index (χ2n) is 6.33. The molecule has 150 valence electrons. The van der Waals surface area contributed by atoms with Crippen molar-refractivity contribution < 1.29 is 23.8 Å². The second kappa shape index (κ2) is 9.64. The molecule has 0 aliphatic carbocycles. The third-order valence-electron chi connectivity index (χ3n) is 4.26. The van der Waals surface area contributed by atoms with E-state index < -0.39 is 0 Å². The number of carbonyl (C=O) groups is 2. The molecule has 0 radical (unpaired) electrons. The minimum absolute atomic E-state index is 0.0168. The first-order valence-corrected chi connectivity index (χ1v) is 8.77. The zero-order chi connectivity index (χ0) is 20.7. The Morgan fingerprint density at radius 1 is 0.964 bits per heavy atom. The molecule has 0 atom stereocenters. The summed E-state index contributed by atoms with van der Waals surface area (Å²) in [6.45, 7) is 1.99. The normalized spacial score (nSPS) is 10.2. The fraction of sp³-hybridized carbons (Fsp3) is 0.333. The molecule has 28 heavy (non-hydrogen) atoms. The molecule has 0 heterocycles. The number of rotatable bonds is 8. The third kappa shape index (κ3) is 5.39. The molecule has 7 heteroatoms. The zero-order valence-corrected chi connectivity index (χ0v) is 16.9. The molecule has 0 saturated carbocycles. The number of methoxy groups -OCH3 is 3. The van der Waals surface area contributed by atoms with Crippen LogP contribution in [0.5, 0.6) is 17.2 Å². The van der Waals surface area contributed by atoms with Gasteiger partial charge in [0.2, 0.25) is 17.6 Å². The Morgan fingerprint density at radius 2 is 1.61 bits per heavy atom. The van der Waals surface area contributed by atoms with Crippen LogP contribution in [0.15, 0.2) is 36.4 Å². The van der Waals surface area contributed by atoms with Crippen LogP contribution < -0.4 is 19.5 Å². The maximum absolute atomic E-state index is 12.5. The Labute approximate surface area is 165 Å². The minimum atomic E-state index is -0.175. The van der Waals surface area contributed by atoms with Crippen molar-refractivity contribution in [2.75, 3.05) is 33.7 Å². The zero-order valence-electron chi connectivity index (χ0n) is 16.9. The van der Waals surface area contributed by atoms with Gasteiger partial charge in [0.15, 0.2) is 11.5 Å². The molecule has 2 aromatic rings. The molecule has 0 aliphatic rings. The van der Waals surface area contributed by atoms with Gasteiger partial charge in [0.1, 0.15) is 0 Å². The Bertz CT molecular complexity index is 825. The number of anilines is 1. The highest BCUT2D eigenvalue weighted by Gasteiger charge is 2.15. The molecule has 2 aromatic carbocycles. The molecule has 2 amide bonds. The van der Waals surface area contributed by atoms with E-state index in [0.29, 0.717) is 29.5 Å². The quantitative estimate of drug-likeness (QED) is 0.755. The number of nitrogens with one attached hydrogen (secondary N) is 1. The van der Waals surface area contributed by atoms with Crippen molar-refractivity contribution in [1.82, 2.24) is 4.90 Å². The average Bonchev–Trinajstić information content (AvgIpc) is 2.67. The molecule has 1 N–H and O–H groups in total. The highest BCUT2D eigenvalue weighted by Crippen LogP contribution is 2.38. The van der Waals surface area contributed by atoms with E-state index in [4.69, 9.17) is 14.2 Å². The number of benzene rings is 2. The average molecular weight is 386 g/mol. The van der Waals surface area contributed by atoms with Gasteiger partial charge in [-0.1, -0.05) is 12.1 Å². The van der Waals surface area contributed by atoms with Gasteiger partial charge in [0, 0.05) is 26.2 Å². The van der Waals surface area contributed by atoms with Gasteiger partial charge < -0.3 is 24.4 Å². The Balaban J connectivity index is 2.11. The number of hydrogen-bond acceptors (Lipinski definition) is 5. The van der Waals surface area contributed by atoms with Crippen LogP contribution in [0.4, 0.5) is 5.69 Å². The van der Waals surface area contributed by atoms with Crippen molar-refractivity contribution in [2.24, 2.45) is 0 Å². The van der Waals surface area contributed by atoms with Gasteiger partial charge in [0.25, 0.3) is 0 Å². The van der Waals surface area contributed by atoms with E-state index >= 15 is 0 Å². The summed E-state index contributed by atoms with van der Waals surface area (Å²) in [4.78, 5) is 25.5. The molecule has 0 saturated heterocycles. The SMILES string of the molecule is COc1cc(CC(=O)Nc2cccc(CN(C)C(C)=O)c2)cc(OC)c1OC. The second-order valence-corrected chi connectivity index (χ2v) is 6.33. The van der Waals surface area contributed by atoms with Crippen LogP contribution in [0.25, 0.3) is 0 Å². The van der Waals surface area contributed by atoms with Gasteiger partial charge >= 0.3 is 0 Å². The van der Waals surface area contributed by atoms with Crippen molar-refractivity contribution in [1.29, 1.82) is 0 Å². The lowest BCUT2D eigenvalue weighted by Gasteiger charge is -2.16. The highest BCUT2D eigenvalue weighted by molar-refractivity contribution is 5.92.